The summed E-state index contributed by atoms with van der Waals surface area (Å²) in [7, 11) is 3.52. The van der Waals surface area contributed by atoms with E-state index in [4.69, 9.17) is 10.6 Å². The van der Waals surface area contributed by atoms with E-state index in [9.17, 15) is 0 Å². The van der Waals surface area contributed by atoms with Gasteiger partial charge in [-0.2, -0.15) is 5.10 Å². The van der Waals surface area contributed by atoms with Gasteiger partial charge in [0.25, 0.3) is 0 Å². The highest BCUT2D eigenvalue weighted by atomic mass is 16.5. The number of hydrogen-bond acceptors (Lipinski definition) is 5. The zero-order valence-corrected chi connectivity index (χ0v) is 11.4. The third-order valence-corrected chi connectivity index (χ3v) is 3.08. The average Bonchev–Trinajstić information content (AvgIpc) is 2.82. The van der Waals surface area contributed by atoms with Gasteiger partial charge >= 0.3 is 0 Å². The van der Waals surface area contributed by atoms with Gasteiger partial charge in [0.15, 0.2) is 0 Å². The molecule has 2 heterocycles. The molecular formula is C13H19N5O. The van der Waals surface area contributed by atoms with Crippen LogP contribution in [-0.4, -0.2) is 21.9 Å². The number of rotatable bonds is 5. The molecule has 102 valence electrons. The molecule has 0 amide bonds. The molecule has 2 aromatic rings. The first kappa shape index (κ1) is 13.5. The van der Waals surface area contributed by atoms with E-state index in [2.05, 4.69) is 22.4 Å². The third-order valence-electron chi connectivity index (χ3n) is 3.08. The largest absolute Gasteiger partial charge is 0.495 e. The zero-order chi connectivity index (χ0) is 13.8. The van der Waals surface area contributed by atoms with E-state index >= 15 is 0 Å². The summed E-state index contributed by atoms with van der Waals surface area (Å²) in [4.78, 5) is 4.36. The Morgan fingerprint density at radius 2 is 2.32 bits per heavy atom. The van der Waals surface area contributed by atoms with Crippen LogP contribution in [0.5, 0.6) is 5.75 Å². The van der Waals surface area contributed by atoms with Crippen LogP contribution in [0.4, 0.5) is 0 Å². The smallest absolute Gasteiger partial charge is 0.142 e. The molecule has 0 aliphatic carbocycles. The summed E-state index contributed by atoms with van der Waals surface area (Å²) in [6.45, 7) is 2.07. The first-order chi connectivity index (χ1) is 9.21. The van der Waals surface area contributed by atoms with Crippen LogP contribution in [-0.2, 0) is 13.5 Å². The van der Waals surface area contributed by atoms with Gasteiger partial charge in [0, 0.05) is 13.2 Å². The lowest BCUT2D eigenvalue weighted by Crippen LogP contribution is -2.31. The summed E-state index contributed by atoms with van der Waals surface area (Å²) in [5.41, 5.74) is 5.51. The predicted octanol–water partition coefficient (Wildman–Crippen LogP) is 0.939. The van der Waals surface area contributed by atoms with Crippen molar-refractivity contribution in [3.05, 3.63) is 41.5 Å². The van der Waals surface area contributed by atoms with Crippen molar-refractivity contribution in [1.82, 2.24) is 20.2 Å². The molecule has 0 saturated carbocycles. The van der Waals surface area contributed by atoms with E-state index in [1.807, 2.05) is 29.9 Å². The van der Waals surface area contributed by atoms with Crippen molar-refractivity contribution in [1.29, 1.82) is 0 Å². The maximum atomic E-state index is 5.69. The van der Waals surface area contributed by atoms with E-state index in [-0.39, 0.29) is 6.04 Å². The Bertz CT molecular complexity index is 552. The molecule has 1 atom stereocenters. The first-order valence-electron chi connectivity index (χ1n) is 6.19. The molecule has 1 unspecified atom stereocenters. The average molecular weight is 261 g/mol. The van der Waals surface area contributed by atoms with E-state index in [1.165, 1.54) is 0 Å². The van der Waals surface area contributed by atoms with Gasteiger partial charge in [-0.1, -0.05) is 6.92 Å². The van der Waals surface area contributed by atoms with Gasteiger partial charge in [0.1, 0.15) is 17.5 Å². The quantitative estimate of drug-likeness (QED) is 0.618. The van der Waals surface area contributed by atoms with Crippen molar-refractivity contribution in [3.63, 3.8) is 0 Å². The summed E-state index contributed by atoms with van der Waals surface area (Å²) >= 11 is 0. The van der Waals surface area contributed by atoms with Crippen LogP contribution in [0.15, 0.2) is 24.4 Å². The molecule has 19 heavy (non-hydrogen) atoms. The Morgan fingerprint density at radius 3 is 2.89 bits per heavy atom. The van der Waals surface area contributed by atoms with Crippen LogP contribution in [0.25, 0.3) is 0 Å². The highest BCUT2D eigenvalue weighted by molar-refractivity contribution is 5.35. The number of hydrazine groups is 1. The molecule has 6 heteroatoms. The molecule has 0 bridgehead atoms. The Morgan fingerprint density at radius 1 is 1.53 bits per heavy atom. The molecule has 0 saturated heterocycles. The zero-order valence-electron chi connectivity index (χ0n) is 11.4. The first-order valence-corrected chi connectivity index (χ1v) is 6.19. The molecule has 0 radical (unpaired) electrons. The van der Waals surface area contributed by atoms with Gasteiger partial charge in [-0.15, -0.1) is 0 Å². The Kier molecular flexibility index (Phi) is 4.13. The fourth-order valence-electron chi connectivity index (χ4n) is 2.08. The Labute approximate surface area is 112 Å². The second kappa shape index (κ2) is 5.81. The number of pyridine rings is 1. The fourth-order valence-corrected chi connectivity index (χ4v) is 2.08. The Hall–Kier alpha value is -1.92. The summed E-state index contributed by atoms with van der Waals surface area (Å²) in [5.74, 6) is 6.39. The number of aromatic nitrogens is 3. The maximum absolute atomic E-state index is 5.69. The van der Waals surface area contributed by atoms with Gasteiger partial charge in [-0.05, 0) is 24.6 Å². The van der Waals surface area contributed by atoms with Gasteiger partial charge in [-0.3, -0.25) is 15.5 Å². The highest BCUT2D eigenvalue weighted by Crippen LogP contribution is 2.27. The summed E-state index contributed by atoms with van der Waals surface area (Å²) < 4.78 is 7.15. The molecule has 0 aliphatic rings. The second-order valence-corrected chi connectivity index (χ2v) is 4.23. The van der Waals surface area contributed by atoms with Gasteiger partial charge < -0.3 is 4.74 Å². The molecule has 0 aromatic carbocycles. The molecule has 2 aromatic heterocycles. The van der Waals surface area contributed by atoms with Crippen LogP contribution in [0.2, 0.25) is 0 Å². The molecule has 3 N–H and O–H groups in total. The van der Waals surface area contributed by atoms with Crippen LogP contribution >= 0.6 is 0 Å². The fraction of sp³-hybridized carbons (Fsp3) is 0.385. The van der Waals surface area contributed by atoms with E-state index in [1.54, 1.807) is 13.3 Å². The normalized spacial score (nSPS) is 12.4. The second-order valence-electron chi connectivity index (χ2n) is 4.23. The van der Waals surface area contributed by atoms with Crippen molar-refractivity contribution < 1.29 is 4.74 Å². The molecule has 6 nitrogen and oxygen atoms in total. The monoisotopic (exact) mass is 261 g/mol. The molecule has 0 aliphatic heterocycles. The number of hydrogen-bond donors (Lipinski definition) is 2. The van der Waals surface area contributed by atoms with Crippen LogP contribution in [0.3, 0.4) is 0 Å². The minimum absolute atomic E-state index is 0.256. The van der Waals surface area contributed by atoms with Gasteiger partial charge in [0.05, 0.1) is 18.5 Å². The molecule has 0 spiro atoms. The summed E-state index contributed by atoms with van der Waals surface area (Å²) in [6, 6.07) is 5.47. The topological polar surface area (TPSA) is 78.0 Å². The number of nitrogens with one attached hydrogen (secondary N) is 1. The highest BCUT2D eigenvalue weighted by Gasteiger charge is 2.22. The lowest BCUT2D eigenvalue weighted by atomic mass is 10.1. The van der Waals surface area contributed by atoms with Crippen molar-refractivity contribution in [2.45, 2.75) is 19.4 Å². The van der Waals surface area contributed by atoms with Crippen LogP contribution in [0, 0.1) is 0 Å². The third kappa shape index (κ3) is 2.59. The van der Waals surface area contributed by atoms with E-state index < -0.39 is 0 Å². The molecule has 0 fully saturated rings. The van der Waals surface area contributed by atoms with Crippen molar-refractivity contribution in [3.8, 4) is 5.75 Å². The minimum atomic E-state index is -0.256. The van der Waals surface area contributed by atoms with Crippen LogP contribution in [0.1, 0.15) is 30.0 Å². The van der Waals surface area contributed by atoms with Crippen molar-refractivity contribution in [2.24, 2.45) is 12.9 Å². The number of methoxy groups -OCH3 is 1. The van der Waals surface area contributed by atoms with Gasteiger partial charge in [0.2, 0.25) is 0 Å². The number of ether oxygens (including phenoxy) is 1. The van der Waals surface area contributed by atoms with E-state index in [0.717, 1.165) is 23.5 Å². The number of aryl methyl sites for hydroxylation is 2. The Balaban J connectivity index is 2.46. The summed E-state index contributed by atoms with van der Waals surface area (Å²) in [5, 5.41) is 4.43. The SMILES string of the molecule is CCc1cc(C(NN)c2ncccc2OC)n(C)n1. The van der Waals surface area contributed by atoms with Gasteiger partial charge in [-0.25, -0.2) is 5.43 Å². The lowest BCUT2D eigenvalue weighted by Gasteiger charge is -2.17. The lowest BCUT2D eigenvalue weighted by molar-refractivity contribution is 0.398. The maximum Gasteiger partial charge on any atom is 0.142 e. The number of nitrogens with two attached hydrogens (primary N) is 1. The summed E-state index contributed by atoms with van der Waals surface area (Å²) in [6.07, 6.45) is 2.60. The minimum Gasteiger partial charge on any atom is -0.495 e. The standard InChI is InChI=1S/C13H19N5O/c1-4-9-8-10(18(2)17-9)12(16-14)13-11(19-3)6-5-7-15-13/h5-8,12,16H,4,14H2,1-3H3. The van der Waals surface area contributed by atoms with Crippen molar-refractivity contribution >= 4 is 0 Å². The van der Waals surface area contributed by atoms with Crippen LogP contribution < -0.4 is 16.0 Å². The molecular weight excluding hydrogens is 242 g/mol. The predicted molar refractivity (Wildman–Crippen MR) is 72.5 cm³/mol. The van der Waals surface area contributed by atoms with E-state index in [0.29, 0.717) is 5.75 Å². The number of nitrogens with zero attached hydrogens (tertiary/aromatic N) is 3. The molecule has 2 rings (SSSR count). The van der Waals surface area contributed by atoms with Crippen molar-refractivity contribution in [2.75, 3.05) is 7.11 Å².